The summed E-state index contributed by atoms with van der Waals surface area (Å²) in [5, 5.41) is 3.38. The molecule has 21 heavy (non-hydrogen) atoms. The van der Waals surface area contributed by atoms with E-state index in [1.54, 1.807) is 0 Å². The molecule has 1 heterocycles. The standard InChI is InChI=1S/C19H30N2/c1-2-20-15-17-5-7-18(8-6-17)16-21-13-11-19(12-14-21)9-3-4-10-19/h5-8,20H,2-4,9-16H2,1H3. The van der Waals surface area contributed by atoms with Gasteiger partial charge in [0, 0.05) is 13.1 Å². The van der Waals surface area contributed by atoms with E-state index in [9.17, 15) is 0 Å². The molecule has 2 aliphatic rings. The monoisotopic (exact) mass is 286 g/mol. The summed E-state index contributed by atoms with van der Waals surface area (Å²) in [7, 11) is 0. The predicted molar refractivity (Wildman–Crippen MR) is 89.2 cm³/mol. The average Bonchev–Trinajstić information content (AvgIpc) is 2.98. The summed E-state index contributed by atoms with van der Waals surface area (Å²) in [5.41, 5.74) is 3.60. The molecule has 2 fully saturated rings. The van der Waals surface area contributed by atoms with E-state index in [0.29, 0.717) is 0 Å². The first kappa shape index (κ1) is 15.1. The Morgan fingerprint density at radius 2 is 1.57 bits per heavy atom. The summed E-state index contributed by atoms with van der Waals surface area (Å²) >= 11 is 0. The third-order valence-corrected chi connectivity index (χ3v) is 5.59. The summed E-state index contributed by atoms with van der Waals surface area (Å²) in [6.07, 6.45) is 8.83. The lowest BCUT2D eigenvalue weighted by atomic mass is 9.77. The van der Waals surface area contributed by atoms with E-state index in [0.717, 1.165) is 25.0 Å². The van der Waals surface area contributed by atoms with Crippen LogP contribution in [0.2, 0.25) is 0 Å². The van der Waals surface area contributed by atoms with Crippen molar-refractivity contribution in [2.45, 2.75) is 58.5 Å². The lowest BCUT2D eigenvalue weighted by molar-refractivity contribution is 0.103. The molecule has 1 aliphatic heterocycles. The van der Waals surface area contributed by atoms with Crippen molar-refractivity contribution in [2.75, 3.05) is 19.6 Å². The minimum absolute atomic E-state index is 0.742. The van der Waals surface area contributed by atoms with Gasteiger partial charge in [0.2, 0.25) is 0 Å². The van der Waals surface area contributed by atoms with Gasteiger partial charge in [0.05, 0.1) is 0 Å². The first-order valence-electron chi connectivity index (χ1n) is 8.81. The summed E-state index contributed by atoms with van der Waals surface area (Å²) in [5.74, 6) is 0. The molecule has 2 heteroatoms. The predicted octanol–water partition coefficient (Wildman–Crippen LogP) is 3.95. The minimum Gasteiger partial charge on any atom is -0.313 e. The van der Waals surface area contributed by atoms with Crippen LogP contribution < -0.4 is 5.32 Å². The van der Waals surface area contributed by atoms with Gasteiger partial charge in [0.15, 0.2) is 0 Å². The lowest BCUT2D eigenvalue weighted by Gasteiger charge is -2.39. The van der Waals surface area contributed by atoms with Crippen LogP contribution in [0.1, 0.15) is 56.6 Å². The van der Waals surface area contributed by atoms with Crippen molar-refractivity contribution in [3.8, 4) is 0 Å². The van der Waals surface area contributed by atoms with Crippen molar-refractivity contribution >= 4 is 0 Å². The van der Waals surface area contributed by atoms with Crippen molar-refractivity contribution in [1.29, 1.82) is 0 Å². The summed E-state index contributed by atoms with van der Waals surface area (Å²) in [4.78, 5) is 2.66. The van der Waals surface area contributed by atoms with Crippen LogP contribution in [-0.2, 0) is 13.1 Å². The minimum atomic E-state index is 0.742. The highest BCUT2D eigenvalue weighted by molar-refractivity contribution is 5.22. The lowest BCUT2D eigenvalue weighted by Crippen LogP contribution is -2.38. The van der Waals surface area contributed by atoms with Gasteiger partial charge in [-0.3, -0.25) is 4.90 Å². The fraction of sp³-hybridized carbons (Fsp3) is 0.684. The van der Waals surface area contributed by atoms with Crippen molar-refractivity contribution in [1.82, 2.24) is 10.2 Å². The second-order valence-electron chi connectivity index (χ2n) is 7.08. The van der Waals surface area contributed by atoms with Gasteiger partial charge < -0.3 is 5.32 Å². The largest absolute Gasteiger partial charge is 0.313 e. The summed E-state index contributed by atoms with van der Waals surface area (Å²) in [6, 6.07) is 9.18. The molecule has 1 spiro atoms. The zero-order valence-electron chi connectivity index (χ0n) is 13.5. The zero-order chi connectivity index (χ0) is 14.5. The van der Waals surface area contributed by atoms with Gasteiger partial charge in [-0.1, -0.05) is 44.0 Å². The van der Waals surface area contributed by atoms with E-state index in [1.165, 1.54) is 62.7 Å². The van der Waals surface area contributed by atoms with Crippen molar-refractivity contribution < 1.29 is 0 Å². The number of nitrogens with one attached hydrogen (secondary N) is 1. The van der Waals surface area contributed by atoms with Gasteiger partial charge in [-0.05, 0) is 61.9 Å². The number of hydrogen-bond acceptors (Lipinski definition) is 2. The molecule has 0 unspecified atom stereocenters. The Hall–Kier alpha value is -0.860. The second-order valence-corrected chi connectivity index (χ2v) is 7.08. The number of benzene rings is 1. The van der Waals surface area contributed by atoms with E-state index < -0.39 is 0 Å². The number of hydrogen-bond donors (Lipinski definition) is 1. The van der Waals surface area contributed by atoms with Gasteiger partial charge in [-0.15, -0.1) is 0 Å². The maximum atomic E-state index is 3.38. The third kappa shape index (κ3) is 3.87. The molecule has 0 atom stereocenters. The van der Waals surface area contributed by atoms with Crippen LogP contribution in [0.4, 0.5) is 0 Å². The average molecular weight is 286 g/mol. The Kier molecular flexibility index (Phi) is 4.97. The fourth-order valence-electron chi connectivity index (χ4n) is 4.10. The molecule has 3 rings (SSSR count). The van der Waals surface area contributed by atoms with Crippen molar-refractivity contribution in [3.63, 3.8) is 0 Å². The van der Waals surface area contributed by atoms with E-state index in [1.807, 2.05) is 0 Å². The molecule has 2 nitrogen and oxygen atoms in total. The molecule has 1 saturated heterocycles. The number of nitrogens with zero attached hydrogens (tertiary/aromatic N) is 1. The number of piperidine rings is 1. The van der Waals surface area contributed by atoms with Gasteiger partial charge in [-0.2, -0.15) is 0 Å². The zero-order valence-corrected chi connectivity index (χ0v) is 13.5. The summed E-state index contributed by atoms with van der Waals surface area (Å²) in [6.45, 7) is 7.93. The molecule has 0 bridgehead atoms. The Balaban J connectivity index is 1.48. The Morgan fingerprint density at radius 1 is 0.952 bits per heavy atom. The molecule has 1 saturated carbocycles. The highest BCUT2D eigenvalue weighted by Crippen LogP contribution is 2.46. The van der Waals surface area contributed by atoms with E-state index in [-0.39, 0.29) is 0 Å². The Bertz CT molecular complexity index is 421. The molecule has 1 N–H and O–H groups in total. The van der Waals surface area contributed by atoms with E-state index >= 15 is 0 Å². The molecule has 1 aromatic carbocycles. The van der Waals surface area contributed by atoms with Crippen LogP contribution in [0.5, 0.6) is 0 Å². The fourth-order valence-corrected chi connectivity index (χ4v) is 4.10. The summed E-state index contributed by atoms with van der Waals surface area (Å²) < 4.78 is 0. The first-order valence-corrected chi connectivity index (χ1v) is 8.81. The van der Waals surface area contributed by atoms with Gasteiger partial charge in [0.25, 0.3) is 0 Å². The van der Waals surface area contributed by atoms with E-state index in [4.69, 9.17) is 0 Å². The number of rotatable bonds is 5. The molecule has 0 radical (unpaired) electrons. The first-order chi connectivity index (χ1) is 10.3. The highest BCUT2D eigenvalue weighted by atomic mass is 15.1. The van der Waals surface area contributed by atoms with Crippen LogP contribution in [0.25, 0.3) is 0 Å². The maximum Gasteiger partial charge on any atom is 0.0233 e. The maximum absolute atomic E-state index is 3.38. The molecule has 1 aliphatic carbocycles. The van der Waals surface area contributed by atoms with Crippen LogP contribution in [0.3, 0.4) is 0 Å². The molecule has 0 aromatic heterocycles. The smallest absolute Gasteiger partial charge is 0.0233 e. The van der Waals surface area contributed by atoms with Crippen LogP contribution in [0.15, 0.2) is 24.3 Å². The van der Waals surface area contributed by atoms with Crippen LogP contribution in [-0.4, -0.2) is 24.5 Å². The molecule has 116 valence electrons. The van der Waals surface area contributed by atoms with Crippen molar-refractivity contribution in [3.05, 3.63) is 35.4 Å². The molecule has 1 aromatic rings. The Morgan fingerprint density at radius 3 is 2.19 bits per heavy atom. The SMILES string of the molecule is CCNCc1ccc(CN2CCC3(CCCC3)CC2)cc1. The van der Waals surface area contributed by atoms with Crippen LogP contribution >= 0.6 is 0 Å². The molecular weight excluding hydrogens is 256 g/mol. The van der Waals surface area contributed by atoms with E-state index in [2.05, 4.69) is 41.4 Å². The number of likely N-dealkylation sites (tertiary alicyclic amines) is 1. The molecule has 0 amide bonds. The van der Waals surface area contributed by atoms with Gasteiger partial charge >= 0.3 is 0 Å². The Labute approximate surface area is 129 Å². The highest BCUT2D eigenvalue weighted by Gasteiger charge is 2.36. The van der Waals surface area contributed by atoms with Crippen molar-refractivity contribution in [2.24, 2.45) is 5.41 Å². The normalized spacial score (nSPS) is 22.0. The second kappa shape index (κ2) is 6.93. The van der Waals surface area contributed by atoms with Gasteiger partial charge in [0.1, 0.15) is 0 Å². The third-order valence-electron chi connectivity index (χ3n) is 5.59. The molecular formula is C19H30N2. The van der Waals surface area contributed by atoms with Gasteiger partial charge in [-0.25, -0.2) is 0 Å². The van der Waals surface area contributed by atoms with Crippen LogP contribution in [0, 0.1) is 5.41 Å². The topological polar surface area (TPSA) is 15.3 Å². The quantitative estimate of drug-likeness (QED) is 0.881.